The van der Waals surface area contributed by atoms with Crippen molar-refractivity contribution in [3.63, 3.8) is 0 Å². The quantitative estimate of drug-likeness (QED) is 0.862. The summed E-state index contributed by atoms with van der Waals surface area (Å²) in [5.74, 6) is -1.08. The third-order valence-corrected chi connectivity index (χ3v) is 4.36. The number of anilines is 1. The van der Waals surface area contributed by atoms with E-state index in [0.29, 0.717) is 18.7 Å². The van der Waals surface area contributed by atoms with Gasteiger partial charge in [-0.25, -0.2) is 0 Å². The summed E-state index contributed by atoms with van der Waals surface area (Å²) >= 11 is 0. The van der Waals surface area contributed by atoms with Gasteiger partial charge in [-0.3, -0.25) is 19.2 Å². The molecule has 1 unspecified atom stereocenters. The number of carbonyl (C=O) groups excluding carboxylic acids is 1. The number of rotatable bonds is 4. The van der Waals surface area contributed by atoms with Crippen molar-refractivity contribution >= 4 is 17.6 Å². The molecule has 116 valence electrons. The van der Waals surface area contributed by atoms with Crippen LogP contribution in [0.25, 0.3) is 0 Å². The third-order valence-electron chi connectivity index (χ3n) is 4.36. The fourth-order valence-electron chi connectivity index (χ4n) is 2.82. The van der Waals surface area contributed by atoms with Gasteiger partial charge in [-0.2, -0.15) is 5.10 Å². The molecule has 0 radical (unpaired) electrons. The summed E-state index contributed by atoms with van der Waals surface area (Å²) in [6, 6.07) is 0. The molecule has 7 nitrogen and oxygen atoms in total. The van der Waals surface area contributed by atoms with Crippen molar-refractivity contribution in [3.05, 3.63) is 11.4 Å². The topological polar surface area (TPSA) is 87.5 Å². The fraction of sp³-hybridized carbons (Fsp3) is 0.643. The van der Waals surface area contributed by atoms with Crippen LogP contribution in [-0.4, -0.2) is 50.3 Å². The highest BCUT2D eigenvalue weighted by molar-refractivity contribution is 5.94. The number of carbonyl (C=O) groups is 2. The van der Waals surface area contributed by atoms with Crippen molar-refractivity contribution in [1.82, 2.24) is 14.7 Å². The van der Waals surface area contributed by atoms with Crippen LogP contribution in [-0.2, 0) is 16.6 Å². The first kappa shape index (κ1) is 15.5. The largest absolute Gasteiger partial charge is 0.480 e. The smallest absolute Gasteiger partial charge is 0.323 e. The van der Waals surface area contributed by atoms with Gasteiger partial charge in [0.15, 0.2) is 0 Å². The number of amides is 1. The number of hydrogen-bond acceptors (Lipinski definition) is 4. The standard InChI is InChI=1S/C14H22N4O3/c1-9-12(10(2)17(4)16-9)15-11(19)8-18-7-5-6-14(18,3)13(20)21/h5-8H2,1-4H3,(H,15,19)(H,20,21). The lowest BCUT2D eigenvalue weighted by Gasteiger charge is -2.30. The van der Waals surface area contributed by atoms with Crippen molar-refractivity contribution in [2.45, 2.75) is 39.2 Å². The first-order valence-electron chi connectivity index (χ1n) is 7.04. The Morgan fingerprint density at radius 2 is 2.10 bits per heavy atom. The minimum absolute atomic E-state index is 0.0799. The molecular weight excluding hydrogens is 272 g/mol. The van der Waals surface area contributed by atoms with E-state index in [2.05, 4.69) is 10.4 Å². The first-order valence-corrected chi connectivity index (χ1v) is 7.04. The average Bonchev–Trinajstić information content (AvgIpc) is 2.87. The van der Waals surface area contributed by atoms with Gasteiger partial charge in [0.2, 0.25) is 5.91 Å². The molecule has 0 aromatic carbocycles. The SMILES string of the molecule is Cc1nn(C)c(C)c1NC(=O)CN1CCCC1(C)C(=O)O. The van der Waals surface area contributed by atoms with Gasteiger partial charge in [-0.15, -0.1) is 0 Å². The molecule has 0 saturated carbocycles. The Labute approximate surface area is 123 Å². The van der Waals surface area contributed by atoms with Gasteiger partial charge >= 0.3 is 5.97 Å². The Kier molecular flexibility index (Phi) is 4.04. The molecule has 1 aliphatic heterocycles. The second-order valence-electron chi connectivity index (χ2n) is 5.82. The Balaban J connectivity index is 2.07. The Hall–Kier alpha value is -1.89. The number of carboxylic acid groups (broad SMARTS) is 1. The number of nitrogens with zero attached hydrogens (tertiary/aromatic N) is 3. The van der Waals surface area contributed by atoms with E-state index in [0.717, 1.165) is 17.8 Å². The van der Waals surface area contributed by atoms with Crippen LogP contribution in [0.1, 0.15) is 31.2 Å². The molecule has 1 saturated heterocycles. The highest BCUT2D eigenvalue weighted by Gasteiger charge is 2.43. The van der Waals surface area contributed by atoms with Crippen molar-refractivity contribution in [2.75, 3.05) is 18.4 Å². The second kappa shape index (κ2) is 5.48. The maximum Gasteiger partial charge on any atom is 0.323 e. The maximum atomic E-state index is 12.2. The summed E-state index contributed by atoms with van der Waals surface area (Å²) in [6.45, 7) is 6.10. The summed E-state index contributed by atoms with van der Waals surface area (Å²) in [5, 5.41) is 16.4. The lowest BCUT2D eigenvalue weighted by molar-refractivity contribution is -0.149. The van der Waals surface area contributed by atoms with Gasteiger partial charge in [0.05, 0.1) is 23.6 Å². The van der Waals surface area contributed by atoms with E-state index in [9.17, 15) is 14.7 Å². The molecule has 21 heavy (non-hydrogen) atoms. The van der Waals surface area contributed by atoms with E-state index in [1.54, 1.807) is 16.5 Å². The molecule has 0 spiro atoms. The summed E-state index contributed by atoms with van der Waals surface area (Å²) in [4.78, 5) is 25.3. The Morgan fingerprint density at radius 1 is 1.43 bits per heavy atom. The van der Waals surface area contributed by atoms with Gasteiger partial charge in [-0.05, 0) is 40.2 Å². The highest BCUT2D eigenvalue weighted by atomic mass is 16.4. The molecule has 1 aliphatic rings. The van der Waals surface area contributed by atoms with Crippen LogP contribution in [0.15, 0.2) is 0 Å². The summed E-state index contributed by atoms with van der Waals surface area (Å²) in [5.41, 5.74) is 1.39. The maximum absolute atomic E-state index is 12.2. The molecule has 2 rings (SSSR count). The molecule has 2 N–H and O–H groups in total. The van der Waals surface area contributed by atoms with Gasteiger partial charge < -0.3 is 10.4 Å². The second-order valence-corrected chi connectivity index (χ2v) is 5.82. The van der Waals surface area contributed by atoms with Crippen molar-refractivity contribution < 1.29 is 14.7 Å². The molecule has 0 aliphatic carbocycles. The van der Waals surface area contributed by atoms with Crippen molar-refractivity contribution in [2.24, 2.45) is 7.05 Å². The highest BCUT2D eigenvalue weighted by Crippen LogP contribution is 2.29. The van der Waals surface area contributed by atoms with Crippen LogP contribution in [0.4, 0.5) is 5.69 Å². The van der Waals surface area contributed by atoms with Crippen molar-refractivity contribution in [1.29, 1.82) is 0 Å². The zero-order chi connectivity index (χ0) is 15.8. The molecule has 1 amide bonds. The van der Waals surface area contributed by atoms with Crippen molar-refractivity contribution in [3.8, 4) is 0 Å². The Bertz CT molecular complexity index is 581. The van der Waals surface area contributed by atoms with Crippen LogP contribution in [0.2, 0.25) is 0 Å². The molecule has 7 heteroatoms. The van der Waals surface area contributed by atoms with Crippen LogP contribution in [0.5, 0.6) is 0 Å². The number of likely N-dealkylation sites (tertiary alicyclic amines) is 1. The number of hydrogen-bond donors (Lipinski definition) is 2. The summed E-state index contributed by atoms with van der Waals surface area (Å²) < 4.78 is 1.71. The van der Waals surface area contributed by atoms with Gasteiger partial charge in [0.25, 0.3) is 0 Å². The number of aliphatic carboxylic acids is 1. The van der Waals surface area contributed by atoms with E-state index in [4.69, 9.17) is 0 Å². The fourth-order valence-corrected chi connectivity index (χ4v) is 2.82. The van der Waals surface area contributed by atoms with E-state index in [1.165, 1.54) is 0 Å². The van der Waals surface area contributed by atoms with E-state index >= 15 is 0 Å². The van der Waals surface area contributed by atoms with Crippen LogP contribution < -0.4 is 5.32 Å². The molecule has 1 aromatic rings. The average molecular weight is 294 g/mol. The zero-order valence-corrected chi connectivity index (χ0v) is 12.9. The monoisotopic (exact) mass is 294 g/mol. The number of aromatic nitrogens is 2. The van der Waals surface area contributed by atoms with Crippen LogP contribution >= 0.6 is 0 Å². The first-order chi connectivity index (χ1) is 9.75. The Morgan fingerprint density at radius 3 is 2.62 bits per heavy atom. The molecule has 1 atom stereocenters. The molecule has 1 fully saturated rings. The lowest BCUT2D eigenvalue weighted by Crippen LogP contribution is -2.50. The van der Waals surface area contributed by atoms with Gasteiger partial charge in [0.1, 0.15) is 5.54 Å². The molecule has 1 aromatic heterocycles. The minimum atomic E-state index is -0.948. The summed E-state index contributed by atoms with van der Waals surface area (Å²) in [6.07, 6.45) is 1.36. The third kappa shape index (κ3) is 2.78. The number of aryl methyl sites for hydroxylation is 2. The van der Waals surface area contributed by atoms with Crippen LogP contribution in [0, 0.1) is 13.8 Å². The van der Waals surface area contributed by atoms with E-state index < -0.39 is 11.5 Å². The predicted octanol–water partition coefficient (Wildman–Crippen LogP) is 0.915. The van der Waals surface area contributed by atoms with Gasteiger partial charge in [-0.1, -0.05) is 0 Å². The molecule has 2 heterocycles. The van der Waals surface area contributed by atoms with E-state index in [-0.39, 0.29) is 12.5 Å². The molecule has 0 bridgehead atoms. The summed E-state index contributed by atoms with van der Waals surface area (Å²) in [7, 11) is 1.82. The number of nitrogens with one attached hydrogen (secondary N) is 1. The van der Waals surface area contributed by atoms with E-state index in [1.807, 2.05) is 20.9 Å². The molecular formula is C14H22N4O3. The normalized spacial score (nSPS) is 22.5. The lowest BCUT2D eigenvalue weighted by atomic mass is 9.99. The van der Waals surface area contributed by atoms with Crippen LogP contribution in [0.3, 0.4) is 0 Å². The van der Waals surface area contributed by atoms with Gasteiger partial charge in [0, 0.05) is 7.05 Å². The predicted molar refractivity (Wildman–Crippen MR) is 78.2 cm³/mol. The minimum Gasteiger partial charge on any atom is -0.480 e. The number of carboxylic acids is 1. The zero-order valence-electron chi connectivity index (χ0n) is 12.9.